The Hall–Kier alpha value is -1.66. The van der Waals surface area contributed by atoms with E-state index >= 15 is 0 Å². The predicted octanol–water partition coefficient (Wildman–Crippen LogP) is 1.84. The van der Waals surface area contributed by atoms with E-state index in [9.17, 15) is 9.90 Å². The second-order valence-electron chi connectivity index (χ2n) is 6.93. The molecule has 0 aliphatic carbocycles. The Labute approximate surface area is 144 Å². The molecule has 2 saturated heterocycles. The molecule has 0 radical (unpaired) electrons. The number of likely N-dealkylation sites (N-methyl/N-ethyl adjacent to an activating group) is 1. The monoisotopic (exact) mass is 332 g/mol. The van der Waals surface area contributed by atoms with Crippen LogP contribution in [-0.4, -0.2) is 72.2 Å². The first-order valence-electron chi connectivity index (χ1n) is 9.01. The normalized spacial score (nSPS) is 22.1. The maximum atomic E-state index is 11.9. The molecule has 6 heteroatoms. The largest absolute Gasteiger partial charge is 0.480 e. The van der Waals surface area contributed by atoms with Crippen LogP contribution in [0.5, 0.6) is 0 Å². The average Bonchev–Trinajstić information content (AvgIpc) is 2.81. The van der Waals surface area contributed by atoms with Gasteiger partial charge in [-0.1, -0.05) is 6.07 Å². The Morgan fingerprint density at radius 3 is 2.50 bits per heavy atom. The quantitative estimate of drug-likeness (QED) is 0.908. The third kappa shape index (κ3) is 4.05. The molecule has 0 aromatic carbocycles. The first-order valence-corrected chi connectivity index (χ1v) is 9.01. The zero-order valence-electron chi connectivity index (χ0n) is 14.5. The van der Waals surface area contributed by atoms with Crippen molar-refractivity contribution >= 4 is 11.8 Å². The van der Waals surface area contributed by atoms with Crippen molar-refractivity contribution in [2.75, 3.05) is 51.2 Å². The molecule has 0 unspecified atom stereocenters. The second kappa shape index (κ2) is 7.94. The maximum Gasteiger partial charge on any atom is 0.325 e. The average molecular weight is 332 g/mol. The highest BCUT2D eigenvalue weighted by molar-refractivity contribution is 5.75. The molecule has 1 aromatic heterocycles. The van der Waals surface area contributed by atoms with Gasteiger partial charge in [-0.2, -0.15) is 0 Å². The molecule has 0 spiro atoms. The zero-order chi connectivity index (χ0) is 16.9. The van der Waals surface area contributed by atoms with E-state index in [-0.39, 0.29) is 0 Å². The highest BCUT2D eigenvalue weighted by Gasteiger charge is 2.29. The molecular formula is C18H28N4O2. The van der Waals surface area contributed by atoms with Gasteiger partial charge in [0.1, 0.15) is 11.9 Å². The SMILES string of the molecule is CN1CCCN([C@@H](C(=O)O)c2ccc(N3CCCCC3)nc2)CC1. The molecule has 0 saturated carbocycles. The van der Waals surface area contributed by atoms with E-state index in [4.69, 9.17) is 0 Å². The summed E-state index contributed by atoms with van der Waals surface area (Å²) in [4.78, 5) is 23.1. The number of carboxylic acid groups (broad SMARTS) is 1. The topological polar surface area (TPSA) is 59.9 Å². The number of hydrogen-bond donors (Lipinski definition) is 1. The van der Waals surface area contributed by atoms with E-state index in [0.29, 0.717) is 0 Å². The molecular weight excluding hydrogens is 304 g/mol. The molecule has 6 nitrogen and oxygen atoms in total. The second-order valence-corrected chi connectivity index (χ2v) is 6.93. The Kier molecular flexibility index (Phi) is 5.68. The van der Waals surface area contributed by atoms with Gasteiger partial charge < -0.3 is 14.9 Å². The van der Waals surface area contributed by atoms with Crippen LogP contribution in [0.1, 0.15) is 37.3 Å². The Morgan fingerprint density at radius 2 is 1.83 bits per heavy atom. The number of hydrogen-bond acceptors (Lipinski definition) is 5. The highest BCUT2D eigenvalue weighted by Crippen LogP contribution is 2.24. The lowest BCUT2D eigenvalue weighted by Crippen LogP contribution is -2.37. The van der Waals surface area contributed by atoms with E-state index in [1.165, 1.54) is 19.3 Å². The van der Waals surface area contributed by atoms with Crippen LogP contribution in [0.4, 0.5) is 5.82 Å². The summed E-state index contributed by atoms with van der Waals surface area (Å²) in [5, 5.41) is 9.76. The number of anilines is 1. The van der Waals surface area contributed by atoms with Gasteiger partial charge in [0.25, 0.3) is 0 Å². The van der Waals surface area contributed by atoms with Crippen molar-refractivity contribution in [1.29, 1.82) is 0 Å². The lowest BCUT2D eigenvalue weighted by Gasteiger charge is -2.29. The fraction of sp³-hybridized carbons (Fsp3) is 0.667. The number of carboxylic acids is 1. The molecule has 3 heterocycles. The fourth-order valence-corrected chi connectivity index (χ4v) is 3.70. The highest BCUT2D eigenvalue weighted by atomic mass is 16.4. The van der Waals surface area contributed by atoms with Gasteiger partial charge >= 0.3 is 5.97 Å². The Bertz CT molecular complexity index is 542. The maximum absolute atomic E-state index is 11.9. The summed E-state index contributed by atoms with van der Waals surface area (Å²) in [6.07, 6.45) is 6.47. The number of aliphatic carboxylic acids is 1. The number of nitrogens with zero attached hydrogens (tertiary/aromatic N) is 4. The van der Waals surface area contributed by atoms with Crippen molar-refractivity contribution < 1.29 is 9.90 Å². The van der Waals surface area contributed by atoms with Crippen molar-refractivity contribution in [2.45, 2.75) is 31.7 Å². The van der Waals surface area contributed by atoms with Crippen molar-refractivity contribution in [3.63, 3.8) is 0 Å². The molecule has 24 heavy (non-hydrogen) atoms. The molecule has 1 N–H and O–H groups in total. The minimum atomic E-state index is -0.785. The van der Waals surface area contributed by atoms with Gasteiger partial charge in [0.15, 0.2) is 0 Å². The summed E-state index contributed by atoms with van der Waals surface area (Å²) in [6, 6.07) is 3.34. The number of piperidine rings is 1. The lowest BCUT2D eigenvalue weighted by molar-refractivity contribution is -0.143. The Balaban J connectivity index is 1.74. The summed E-state index contributed by atoms with van der Waals surface area (Å²) in [6.45, 7) is 5.62. The van der Waals surface area contributed by atoms with Gasteiger partial charge in [0.2, 0.25) is 0 Å². The van der Waals surface area contributed by atoms with Gasteiger partial charge in [-0.05, 0) is 50.9 Å². The van der Waals surface area contributed by atoms with Gasteiger partial charge in [-0.25, -0.2) is 4.98 Å². The molecule has 132 valence electrons. The van der Waals surface area contributed by atoms with Crippen molar-refractivity contribution in [2.24, 2.45) is 0 Å². The van der Waals surface area contributed by atoms with Crippen LogP contribution in [-0.2, 0) is 4.79 Å². The Morgan fingerprint density at radius 1 is 1.04 bits per heavy atom. The van der Waals surface area contributed by atoms with Crippen LogP contribution in [0, 0.1) is 0 Å². The molecule has 3 rings (SSSR count). The van der Waals surface area contributed by atoms with Crippen LogP contribution in [0.2, 0.25) is 0 Å². The van der Waals surface area contributed by atoms with Crippen LogP contribution in [0.15, 0.2) is 18.3 Å². The predicted molar refractivity (Wildman–Crippen MR) is 94.4 cm³/mol. The van der Waals surface area contributed by atoms with Crippen LogP contribution < -0.4 is 4.90 Å². The molecule has 2 aliphatic rings. The van der Waals surface area contributed by atoms with E-state index < -0.39 is 12.0 Å². The van der Waals surface area contributed by atoms with E-state index in [2.05, 4.69) is 26.7 Å². The van der Waals surface area contributed by atoms with Gasteiger partial charge in [-0.15, -0.1) is 0 Å². The summed E-state index contributed by atoms with van der Waals surface area (Å²) < 4.78 is 0. The summed E-state index contributed by atoms with van der Waals surface area (Å²) in [7, 11) is 2.09. The van der Waals surface area contributed by atoms with Crippen LogP contribution >= 0.6 is 0 Å². The first-order chi connectivity index (χ1) is 11.6. The molecule has 0 amide bonds. The fourth-order valence-electron chi connectivity index (χ4n) is 3.70. The first kappa shape index (κ1) is 17.2. The minimum absolute atomic E-state index is 0.598. The van der Waals surface area contributed by atoms with Crippen molar-refractivity contribution in [1.82, 2.24) is 14.8 Å². The smallest absolute Gasteiger partial charge is 0.325 e. The number of rotatable bonds is 4. The molecule has 1 atom stereocenters. The van der Waals surface area contributed by atoms with E-state index in [0.717, 1.165) is 57.1 Å². The molecule has 0 bridgehead atoms. The summed E-state index contributed by atoms with van der Waals surface area (Å²) in [5.41, 5.74) is 0.785. The third-order valence-electron chi connectivity index (χ3n) is 5.12. The van der Waals surface area contributed by atoms with Crippen LogP contribution in [0.25, 0.3) is 0 Å². The lowest BCUT2D eigenvalue weighted by atomic mass is 10.1. The standard InChI is InChI=1S/C18H28N4O2/c1-20-8-5-11-22(13-12-20)17(18(23)24)15-6-7-16(19-14-15)21-9-3-2-4-10-21/h6-7,14,17H,2-5,8-13H2,1H3,(H,23,24)/t17-/m1/s1. The molecule has 1 aromatic rings. The number of pyridine rings is 1. The van der Waals surface area contributed by atoms with Crippen LogP contribution in [0.3, 0.4) is 0 Å². The third-order valence-corrected chi connectivity index (χ3v) is 5.12. The number of aromatic nitrogens is 1. The summed E-state index contributed by atoms with van der Waals surface area (Å²) in [5.74, 6) is 0.185. The van der Waals surface area contributed by atoms with E-state index in [1.807, 2.05) is 12.1 Å². The molecule has 2 aliphatic heterocycles. The van der Waals surface area contributed by atoms with Gasteiger partial charge in [0.05, 0.1) is 0 Å². The molecule has 2 fully saturated rings. The van der Waals surface area contributed by atoms with Crippen molar-refractivity contribution in [3.8, 4) is 0 Å². The number of carbonyl (C=O) groups is 1. The summed E-state index contributed by atoms with van der Waals surface area (Å²) >= 11 is 0. The van der Waals surface area contributed by atoms with Gasteiger partial charge in [-0.3, -0.25) is 9.69 Å². The van der Waals surface area contributed by atoms with Gasteiger partial charge in [0, 0.05) is 38.9 Å². The zero-order valence-corrected chi connectivity index (χ0v) is 14.5. The minimum Gasteiger partial charge on any atom is -0.480 e. The van der Waals surface area contributed by atoms with Crippen molar-refractivity contribution in [3.05, 3.63) is 23.9 Å². The van der Waals surface area contributed by atoms with E-state index in [1.54, 1.807) is 6.20 Å².